The minimum Gasteiger partial charge on any atom is -0.339 e. The summed E-state index contributed by atoms with van der Waals surface area (Å²) in [6.45, 7) is 5.47. The number of carbonyl (C=O) groups is 2. The Morgan fingerprint density at radius 3 is 2.22 bits per heavy atom. The molecule has 5 nitrogen and oxygen atoms in total. The van der Waals surface area contributed by atoms with E-state index in [0.717, 1.165) is 24.9 Å². The van der Waals surface area contributed by atoms with Crippen LogP contribution in [0.2, 0.25) is 0 Å². The van der Waals surface area contributed by atoms with Crippen molar-refractivity contribution in [1.29, 1.82) is 0 Å². The maximum Gasteiger partial charge on any atom is 0.253 e. The van der Waals surface area contributed by atoms with E-state index in [1.807, 2.05) is 41.1 Å². The minimum atomic E-state index is 0.0648. The summed E-state index contributed by atoms with van der Waals surface area (Å²) in [5.41, 5.74) is 1.97. The van der Waals surface area contributed by atoms with Crippen molar-refractivity contribution in [3.05, 3.63) is 35.4 Å². The van der Waals surface area contributed by atoms with Gasteiger partial charge in [0, 0.05) is 38.2 Å². The largest absolute Gasteiger partial charge is 0.339 e. The fourth-order valence-electron chi connectivity index (χ4n) is 2.80. The third kappa shape index (κ3) is 4.79. The predicted molar refractivity (Wildman–Crippen MR) is 91.5 cm³/mol. The second-order valence-electron chi connectivity index (χ2n) is 5.93. The first-order valence-corrected chi connectivity index (χ1v) is 8.46. The van der Waals surface area contributed by atoms with Crippen molar-refractivity contribution in [2.45, 2.75) is 26.2 Å². The first-order chi connectivity index (χ1) is 11.2. The minimum absolute atomic E-state index is 0.0648. The maximum absolute atomic E-state index is 12.5. The summed E-state index contributed by atoms with van der Waals surface area (Å²) in [5, 5.41) is 3.05. The Morgan fingerprint density at radius 2 is 1.65 bits per heavy atom. The molecular weight excluding hydrogens is 290 g/mol. The lowest BCUT2D eigenvalue weighted by Gasteiger charge is -2.35. The number of hydrogen-bond donors (Lipinski definition) is 1. The molecule has 2 rings (SSSR count). The molecule has 1 aliphatic heterocycles. The number of nitrogens with one attached hydrogen (secondary N) is 1. The average molecular weight is 317 g/mol. The quantitative estimate of drug-likeness (QED) is 0.810. The lowest BCUT2D eigenvalue weighted by atomic mass is 10.1. The van der Waals surface area contributed by atoms with Gasteiger partial charge in [-0.1, -0.05) is 19.1 Å². The van der Waals surface area contributed by atoms with Crippen LogP contribution >= 0.6 is 0 Å². The zero-order valence-corrected chi connectivity index (χ0v) is 14.2. The van der Waals surface area contributed by atoms with Crippen molar-refractivity contribution in [1.82, 2.24) is 15.1 Å². The van der Waals surface area contributed by atoms with Crippen molar-refractivity contribution >= 4 is 11.8 Å². The number of aryl methyl sites for hydroxylation is 1. The molecule has 1 saturated heterocycles. The third-order valence-electron chi connectivity index (χ3n) is 4.35. The molecule has 1 aromatic rings. The van der Waals surface area contributed by atoms with Gasteiger partial charge in [0.05, 0.1) is 0 Å². The van der Waals surface area contributed by atoms with E-state index in [9.17, 15) is 9.59 Å². The smallest absolute Gasteiger partial charge is 0.253 e. The molecule has 1 fully saturated rings. The molecule has 0 radical (unpaired) electrons. The van der Waals surface area contributed by atoms with Gasteiger partial charge >= 0.3 is 0 Å². The van der Waals surface area contributed by atoms with E-state index >= 15 is 0 Å². The second-order valence-corrected chi connectivity index (χ2v) is 5.93. The van der Waals surface area contributed by atoms with Crippen LogP contribution < -0.4 is 5.32 Å². The van der Waals surface area contributed by atoms with E-state index in [-0.39, 0.29) is 11.8 Å². The molecule has 0 saturated carbocycles. The van der Waals surface area contributed by atoms with Crippen molar-refractivity contribution in [2.24, 2.45) is 0 Å². The fraction of sp³-hybridized carbons (Fsp3) is 0.556. The van der Waals surface area contributed by atoms with Crippen molar-refractivity contribution in [2.75, 3.05) is 39.8 Å². The van der Waals surface area contributed by atoms with Crippen LogP contribution in [0.1, 0.15) is 35.7 Å². The van der Waals surface area contributed by atoms with Crippen LogP contribution in [0.15, 0.2) is 24.3 Å². The monoisotopic (exact) mass is 317 g/mol. The van der Waals surface area contributed by atoms with Crippen LogP contribution in [-0.4, -0.2) is 61.4 Å². The molecule has 0 unspecified atom stereocenters. The Hall–Kier alpha value is -1.88. The van der Waals surface area contributed by atoms with Gasteiger partial charge < -0.3 is 15.1 Å². The maximum atomic E-state index is 12.5. The van der Waals surface area contributed by atoms with Crippen LogP contribution in [0.3, 0.4) is 0 Å². The molecule has 1 aliphatic rings. The summed E-state index contributed by atoms with van der Waals surface area (Å²) in [6, 6.07) is 7.82. The Morgan fingerprint density at radius 1 is 1.04 bits per heavy atom. The molecule has 0 spiro atoms. The molecule has 1 heterocycles. The van der Waals surface area contributed by atoms with Crippen LogP contribution in [0.25, 0.3) is 0 Å². The predicted octanol–water partition coefficient (Wildman–Crippen LogP) is 1.53. The number of hydrogen-bond acceptors (Lipinski definition) is 3. The highest BCUT2D eigenvalue weighted by molar-refractivity contribution is 5.94. The van der Waals surface area contributed by atoms with Gasteiger partial charge in [-0.15, -0.1) is 0 Å². The summed E-state index contributed by atoms with van der Waals surface area (Å²) < 4.78 is 0. The first-order valence-electron chi connectivity index (χ1n) is 8.46. The lowest BCUT2D eigenvalue weighted by molar-refractivity contribution is -0.132. The van der Waals surface area contributed by atoms with E-state index < -0.39 is 0 Å². The van der Waals surface area contributed by atoms with Crippen LogP contribution in [0.4, 0.5) is 0 Å². The van der Waals surface area contributed by atoms with Crippen LogP contribution in [-0.2, 0) is 11.2 Å². The molecule has 23 heavy (non-hydrogen) atoms. The highest BCUT2D eigenvalue weighted by Gasteiger charge is 2.24. The Bertz CT molecular complexity index is 520. The van der Waals surface area contributed by atoms with Crippen LogP contribution in [0.5, 0.6) is 0 Å². The first kappa shape index (κ1) is 17.5. The van der Waals surface area contributed by atoms with Gasteiger partial charge in [-0.05, 0) is 44.1 Å². The van der Waals surface area contributed by atoms with Gasteiger partial charge in [-0.2, -0.15) is 0 Å². The molecule has 0 atom stereocenters. The average Bonchev–Trinajstić information content (AvgIpc) is 2.61. The van der Waals surface area contributed by atoms with E-state index in [4.69, 9.17) is 0 Å². The fourth-order valence-corrected chi connectivity index (χ4v) is 2.80. The van der Waals surface area contributed by atoms with Crippen molar-refractivity contribution in [3.63, 3.8) is 0 Å². The summed E-state index contributed by atoms with van der Waals surface area (Å²) in [6.07, 6.45) is 2.41. The highest BCUT2D eigenvalue weighted by atomic mass is 16.2. The molecule has 2 amide bonds. The van der Waals surface area contributed by atoms with Gasteiger partial charge in [0.2, 0.25) is 5.91 Å². The van der Waals surface area contributed by atoms with Gasteiger partial charge in [0.25, 0.3) is 5.91 Å². The number of amides is 2. The number of benzene rings is 1. The standard InChI is InChI=1S/C18H27N3O2/c1-3-15-6-8-16(9-7-15)18(23)21-13-11-20(12-14-21)17(22)5-4-10-19-2/h6-9,19H,3-5,10-14H2,1-2H3. The summed E-state index contributed by atoms with van der Waals surface area (Å²) in [5.74, 6) is 0.259. The molecule has 126 valence electrons. The number of carbonyl (C=O) groups excluding carboxylic acids is 2. The number of rotatable bonds is 6. The van der Waals surface area contributed by atoms with E-state index in [0.29, 0.717) is 32.6 Å². The molecule has 0 aliphatic carbocycles. The number of nitrogens with zero attached hydrogens (tertiary/aromatic N) is 2. The molecule has 5 heteroatoms. The zero-order valence-electron chi connectivity index (χ0n) is 14.2. The normalized spacial score (nSPS) is 14.9. The summed E-state index contributed by atoms with van der Waals surface area (Å²) >= 11 is 0. The summed E-state index contributed by atoms with van der Waals surface area (Å²) in [4.78, 5) is 28.3. The van der Waals surface area contributed by atoms with Gasteiger partial charge in [0.1, 0.15) is 0 Å². The van der Waals surface area contributed by atoms with Gasteiger partial charge in [-0.25, -0.2) is 0 Å². The SMILES string of the molecule is CCc1ccc(C(=O)N2CCN(C(=O)CCCNC)CC2)cc1. The third-order valence-corrected chi connectivity index (χ3v) is 4.35. The Kier molecular flexibility index (Phi) is 6.59. The number of piperazine rings is 1. The Balaban J connectivity index is 1.83. The molecule has 1 N–H and O–H groups in total. The van der Waals surface area contributed by atoms with Gasteiger partial charge in [-0.3, -0.25) is 9.59 Å². The molecular formula is C18H27N3O2. The lowest BCUT2D eigenvalue weighted by Crippen LogP contribution is -2.50. The molecule has 0 bridgehead atoms. The zero-order chi connectivity index (χ0) is 16.7. The highest BCUT2D eigenvalue weighted by Crippen LogP contribution is 2.11. The topological polar surface area (TPSA) is 52.7 Å². The van der Waals surface area contributed by atoms with E-state index in [1.54, 1.807) is 0 Å². The molecule has 0 aromatic heterocycles. The van der Waals surface area contributed by atoms with Crippen molar-refractivity contribution < 1.29 is 9.59 Å². The second kappa shape index (κ2) is 8.67. The van der Waals surface area contributed by atoms with Gasteiger partial charge in [0.15, 0.2) is 0 Å². The van der Waals surface area contributed by atoms with Crippen molar-refractivity contribution in [3.8, 4) is 0 Å². The van der Waals surface area contributed by atoms with Crippen LogP contribution in [0, 0.1) is 0 Å². The Labute approximate surface area is 138 Å². The summed E-state index contributed by atoms with van der Waals surface area (Å²) in [7, 11) is 1.89. The van der Waals surface area contributed by atoms with E-state index in [2.05, 4.69) is 12.2 Å². The van der Waals surface area contributed by atoms with E-state index in [1.165, 1.54) is 5.56 Å². The molecule has 1 aromatic carbocycles.